The van der Waals surface area contributed by atoms with Gasteiger partial charge in [-0.3, -0.25) is 4.40 Å². The second-order valence-corrected chi connectivity index (χ2v) is 7.53. The topological polar surface area (TPSA) is 60.7 Å². The lowest BCUT2D eigenvalue weighted by Gasteiger charge is -2.23. The molecule has 0 radical (unpaired) electrons. The van der Waals surface area contributed by atoms with Crippen molar-refractivity contribution in [2.45, 2.75) is 51.4 Å². The monoisotopic (exact) mass is 420 g/mol. The molecular formula is C21H23F3N4O2. The number of benzene rings is 1. The molecule has 1 aromatic carbocycles. The lowest BCUT2D eigenvalue weighted by Crippen LogP contribution is -2.24. The van der Waals surface area contributed by atoms with Crippen molar-refractivity contribution in [3.8, 4) is 22.8 Å². The number of halogens is 3. The summed E-state index contributed by atoms with van der Waals surface area (Å²) in [7, 11) is 1.38. The third kappa shape index (κ3) is 4.29. The Labute approximate surface area is 172 Å². The molecule has 0 unspecified atom stereocenters. The fourth-order valence-corrected chi connectivity index (χ4v) is 3.90. The van der Waals surface area contributed by atoms with Crippen molar-refractivity contribution in [1.82, 2.24) is 14.6 Å². The van der Waals surface area contributed by atoms with E-state index in [4.69, 9.17) is 4.74 Å². The van der Waals surface area contributed by atoms with Crippen molar-refractivity contribution in [2.24, 2.45) is 0 Å². The molecule has 1 saturated carbocycles. The number of alkyl halides is 3. The van der Waals surface area contributed by atoms with Gasteiger partial charge in [-0.15, -0.1) is 23.4 Å². The van der Waals surface area contributed by atoms with Gasteiger partial charge in [-0.25, -0.2) is 0 Å². The third-order valence-corrected chi connectivity index (χ3v) is 5.28. The number of anilines is 1. The van der Waals surface area contributed by atoms with Crippen LogP contribution in [0.4, 0.5) is 19.1 Å². The van der Waals surface area contributed by atoms with Crippen LogP contribution in [0, 0.1) is 6.92 Å². The summed E-state index contributed by atoms with van der Waals surface area (Å²) in [4.78, 5) is 0. The Morgan fingerprint density at radius 3 is 2.57 bits per heavy atom. The van der Waals surface area contributed by atoms with Crippen LogP contribution in [0.3, 0.4) is 0 Å². The second kappa shape index (κ2) is 8.04. The Balaban J connectivity index is 1.79. The number of aryl methyl sites for hydroxylation is 1. The van der Waals surface area contributed by atoms with Crippen LogP contribution in [0.25, 0.3) is 16.8 Å². The summed E-state index contributed by atoms with van der Waals surface area (Å²) in [5, 5.41) is 12.0. The first-order valence-corrected chi connectivity index (χ1v) is 9.90. The van der Waals surface area contributed by atoms with E-state index in [-0.39, 0.29) is 17.1 Å². The van der Waals surface area contributed by atoms with Gasteiger partial charge in [0, 0.05) is 23.9 Å². The Hall–Kier alpha value is -2.97. The predicted octanol–water partition coefficient (Wildman–Crippen LogP) is 5.36. The van der Waals surface area contributed by atoms with Crippen molar-refractivity contribution in [3.05, 3.63) is 36.0 Å². The zero-order valence-corrected chi connectivity index (χ0v) is 16.8. The average Bonchev–Trinajstić information content (AvgIpc) is 3.10. The molecule has 0 aliphatic heterocycles. The maximum Gasteiger partial charge on any atom is 0.573 e. The first-order valence-electron chi connectivity index (χ1n) is 9.90. The molecule has 0 atom stereocenters. The van der Waals surface area contributed by atoms with Crippen LogP contribution in [0.1, 0.15) is 37.7 Å². The molecule has 0 amide bonds. The fourth-order valence-electron chi connectivity index (χ4n) is 3.90. The molecule has 0 bridgehead atoms. The molecule has 3 aromatic rings. The highest BCUT2D eigenvalue weighted by molar-refractivity contribution is 5.82. The van der Waals surface area contributed by atoms with E-state index >= 15 is 0 Å². The molecule has 160 valence electrons. The predicted molar refractivity (Wildman–Crippen MR) is 107 cm³/mol. The summed E-state index contributed by atoms with van der Waals surface area (Å²) >= 11 is 0. The minimum Gasteiger partial charge on any atom is -0.497 e. The van der Waals surface area contributed by atoms with Gasteiger partial charge in [-0.05, 0) is 43.5 Å². The number of rotatable bonds is 5. The summed E-state index contributed by atoms with van der Waals surface area (Å²) in [5.74, 6) is 0.453. The number of nitrogens with zero attached hydrogens (tertiary/aromatic N) is 3. The van der Waals surface area contributed by atoms with Gasteiger partial charge in [-0.1, -0.05) is 19.3 Å². The SMILES string of the molecule is COc1ccc(-c2nnc(NC3CCCCC3)n3cc(C)cc23)c(OC(F)(F)F)c1. The highest BCUT2D eigenvalue weighted by Crippen LogP contribution is 2.38. The third-order valence-electron chi connectivity index (χ3n) is 5.28. The van der Waals surface area contributed by atoms with E-state index < -0.39 is 6.36 Å². The van der Waals surface area contributed by atoms with Gasteiger partial charge in [0.1, 0.15) is 17.2 Å². The average molecular weight is 420 g/mol. The maximum atomic E-state index is 13.0. The molecule has 2 aromatic heterocycles. The molecule has 30 heavy (non-hydrogen) atoms. The molecule has 6 nitrogen and oxygen atoms in total. The van der Waals surface area contributed by atoms with Crippen molar-refractivity contribution in [1.29, 1.82) is 0 Å². The first-order chi connectivity index (χ1) is 14.3. The number of nitrogens with one attached hydrogen (secondary N) is 1. The summed E-state index contributed by atoms with van der Waals surface area (Å²) in [5.41, 5.74) is 2.09. The Morgan fingerprint density at radius 1 is 1.10 bits per heavy atom. The highest BCUT2D eigenvalue weighted by atomic mass is 19.4. The van der Waals surface area contributed by atoms with Crippen LogP contribution < -0.4 is 14.8 Å². The summed E-state index contributed by atoms with van der Waals surface area (Å²) in [6.07, 6.45) is 2.75. The van der Waals surface area contributed by atoms with Gasteiger partial charge in [0.15, 0.2) is 0 Å². The molecule has 1 aliphatic rings. The minimum absolute atomic E-state index is 0.188. The first kappa shape index (κ1) is 20.3. The van der Waals surface area contributed by atoms with Gasteiger partial charge >= 0.3 is 6.36 Å². The van der Waals surface area contributed by atoms with E-state index in [2.05, 4.69) is 20.3 Å². The van der Waals surface area contributed by atoms with Crippen molar-refractivity contribution >= 4 is 11.5 Å². The van der Waals surface area contributed by atoms with Crippen molar-refractivity contribution < 1.29 is 22.6 Å². The van der Waals surface area contributed by atoms with Crippen molar-refractivity contribution in [2.75, 3.05) is 12.4 Å². The number of hydrogen-bond acceptors (Lipinski definition) is 5. The van der Waals surface area contributed by atoms with Crippen LogP contribution in [0.5, 0.6) is 11.5 Å². The number of methoxy groups -OCH3 is 1. The van der Waals surface area contributed by atoms with Crippen LogP contribution >= 0.6 is 0 Å². The van der Waals surface area contributed by atoms with Gasteiger partial charge < -0.3 is 14.8 Å². The molecule has 1 aliphatic carbocycles. The molecule has 0 spiro atoms. The quantitative estimate of drug-likeness (QED) is 0.602. The van der Waals surface area contributed by atoms with Crippen molar-refractivity contribution in [3.63, 3.8) is 0 Å². The van der Waals surface area contributed by atoms with Gasteiger partial charge in [0.05, 0.1) is 12.6 Å². The Kier molecular flexibility index (Phi) is 5.44. The number of aromatic nitrogens is 3. The molecule has 0 saturated heterocycles. The maximum absolute atomic E-state index is 13.0. The molecule has 1 fully saturated rings. The lowest BCUT2D eigenvalue weighted by molar-refractivity contribution is -0.274. The summed E-state index contributed by atoms with van der Waals surface area (Å²) < 4.78 is 50.2. The van der Waals surface area contributed by atoms with Crippen LogP contribution in [-0.4, -0.2) is 34.1 Å². The minimum atomic E-state index is -4.84. The molecule has 9 heteroatoms. The standard InChI is InChI=1S/C21H23F3N4O2/c1-13-10-17-19(16-9-8-15(29-2)11-18(16)30-21(22,23)24)26-27-20(28(17)12-13)25-14-6-4-3-5-7-14/h8-12,14H,3-7H2,1-2H3,(H,25,27). The summed E-state index contributed by atoms with van der Waals surface area (Å²) in [6, 6.07) is 6.46. The molecule has 4 rings (SSSR count). The van der Waals surface area contributed by atoms with E-state index in [1.165, 1.54) is 38.5 Å². The van der Waals surface area contributed by atoms with Gasteiger partial charge in [-0.2, -0.15) is 0 Å². The number of fused-ring (bicyclic) bond motifs is 1. The van der Waals surface area contributed by atoms with E-state index in [1.807, 2.05) is 23.6 Å². The van der Waals surface area contributed by atoms with E-state index in [1.54, 1.807) is 6.07 Å². The smallest absolute Gasteiger partial charge is 0.497 e. The molecular weight excluding hydrogens is 397 g/mol. The zero-order valence-electron chi connectivity index (χ0n) is 16.8. The van der Waals surface area contributed by atoms with Gasteiger partial charge in [0.2, 0.25) is 5.95 Å². The van der Waals surface area contributed by atoms with Crippen LogP contribution in [0.15, 0.2) is 30.5 Å². The van der Waals surface area contributed by atoms with Crippen LogP contribution in [-0.2, 0) is 0 Å². The van der Waals surface area contributed by atoms with E-state index in [9.17, 15) is 13.2 Å². The zero-order chi connectivity index (χ0) is 21.3. The van der Waals surface area contributed by atoms with E-state index in [0.29, 0.717) is 23.2 Å². The highest BCUT2D eigenvalue weighted by Gasteiger charge is 2.33. The lowest BCUT2D eigenvalue weighted by atomic mass is 9.96. The molecule has 2 heterocycles. The number of ether oxygens (including phenoxy) is 2. The molecule has 1 N–H and O–H groups in total. The summed E-state index contributed by atoms with van der Waals surface area (Å²) in [6.45, 7) is 1.92. The fraction of sp³-hybridized carbons (Fsp3) is 0.429. The van der Waals surface area contributed by atoms with Gasteiger partial charge in [0.25, 0.3) is 0 Å². The normalized spacial score (nSPS) is 15.4. The second-order valence-electron chi connectivity index (χ2n) is 7.53. The van der Waals surface area contributed by atoms with E-state index in [0.717, 1.165) is 18.4 Å². The number of hydrogen-bond donors (Lipinski definition) is 1. The Morgan fingerprint density at radius 2 is 1.87 bits per heavy atom. The Bertz CT molecular complexity index is 1040. The largest absolute Gasteiger partial charge is 0.573 e. The van der Waals surface area contributed by atoms with Crippen LogP contribution in [0.2, 0.25) is 0 Å².